The van der Waals surface area contributed by atoms with Gasteiger partial charge in [-0.05, 0) is 35.9 Å². The Morgan fingerprint density at radius 3 is 2.40 bits per heavy atom. The molecule has 2 N–H and O–H groups in total. The highest BCUT2D eigenvalue weighted by molar-refractivity contribution is 6.30. The molecule has 2 aromatic carbocycles. The molecule has 2 atom stereocenters. The fraction of sp³-hybridized carbons (Fsp3) is 0.273. The van der Waals surface area contributed by atoms with Crippen molar-refractivity contribution < 1.29 is 35.9 Å². The van der Waals surface area contributed by atoms with Crippen LogP contribution < -0.4 is 15.4 Å². The van der Waals surface area contributed by atoms with Gasteiger partial charge in [-0.15, -0.1) is 0 Å². The number of hydrogen-bond donors (Lipinski definition) is 2. The SMILES string of the molecule is COc1ccc(C2CC(C(F)(F)F)n3nc(C(=O)Nc4ccc(Cl)cc4C(F)(F)F)cc3N2)cc1. The number of ether oxygens (including phenoxy) is 1. The third kappa shape index (κ3) is 5.16. The van der Waals surface area contributed by atoms with Gasteiger partial charge in [-0.2, -0.15) is 31.4 Å². The molecule has 3 aromatic rings. The van der Waals surface area contributed by atoms with Crippen LogP contribution in [0.4, 0.5) is 37.8 Å². The summed E-state index contributed by atoms with van der Waals surface area (Å²) in [6.45, 7) is 0. The van der Waals surface area contributed by atoms with Crippen molar-refractivity contribution in [1.82, 2.24) is 9.78 Å². The van der Waals surface area contributed by atoms with E-state index in [1.165, 1.54) is 7.11 Å². The van der Waals surface area contributed by atoms with Crippen LogP contribution in [0.3, 0.4) is 0 Å². The zero-order valence-corrected chi connectivity index (χ0v) is 18.6. The first kappa shape index (κ1) is 24.7. The largest absolute Gasteiger partial charge is 0.497 e. The number of aromatic nitrogens is 2. The summed E-state index contributed by atoms with van der Waals surface area (Å²) in [6, 6.07) is 7.41. The van der Waals surface area contributed by atoms with Crippen LogP contribution in [-0.2, 0) is 6.18 Å². The second-order valence-electron chi connectivity index (χ2n) is 7.76. The lowest BCUT2D eigenvalue weighted by atomic mass is 9.97. The van der Waals surface area contributed by atoms with Crippen LogP contribution in [0, 0.1) is 0 Å². The average molecular weight is 519 g/mol. The molecule has 1 aliphatic rings. The fourth-order valence-electron chi connectivity index (χ4n) is 3.79. The summed E-state index contributed by atoms with van der Waals surface area (Å²) in [6.07, 6.45) is -9.93. The highest BCUT2D eigenvalue weighted by atomic mass is 35.5. The molecule has 1 aromatic heterocycles. The van der Waals surface area contributed by atoms with Crippen LogP contribution in [0.1, 0.15) is 40.1 Å². The van der Waals surface area contributed by atoms with E-state index < -0.39 is 53.7 Å². The predicted molar refractivity (Wildman–Crippen MR) is 116 cm³/mol. The molecule has 0 spiro atoms. The molecule has 1 aliphatic heterocycles. The van der Waals surface area contributed by atoms with E-state index in [0.29, 0.717) is 22.1 Å². The van der Waals surface area contributed by atoms with E-state index in [9.17, 15) is 31.1 Å². The maximum Gasteiger partial charge on any atom is 0.418 e. The minimum Gasteiger partial charge on any atom is -0.497 e. The van der Waals surface area contributed by atoms with E-state index in [1.807, 2.05) is 0 Å². The number of hydrogen-bond acceptors (Lipinski definition) is 4. The van der Waals surface area contributed by atoms with Crippen molar-refractivity contribution in [2.75, 3.05) is 17.7 Å². The highest BCUT2D eigenvalue weighted by Gasteiger charge is 2.47. The second-order valence-corrected chi connectivity index (χ2v) is 8.20. The number of fused-ring (bicyclic) bond motifs is 1. The number of halogens is 7. The number of nitrogens with zero attached hydrogens (tertiary/aromatic N) is 2. The Morgan fingerprint density at radius 2 is 1.80 bits per heavy atom. The Morgan fingerprint density at radius 1 is 1.11 bits per heavy atom. The minimum absolute atomic E-state index is 0.100. The van der Waals surface area contributed by atoms with Crippen molar-refractivity contribution in [3.63, 3.8) is 0 Å². The smallest absolute Gasteiger partial charge is 0.418 e. The molecule has 4 rings (SSSR count). The fourth-order valence-corrected chi connectivity index (χ4v) is 3.96. The van der Waals surface area contributed by atoms with Gasteiger partial charge in [0.1, 0.15) is 11.6 Å². The highest BCUT2D eigenvalue weighted by Crippen LogP contribution is 2.44. The summed E-state index contributed by atoms with van der Waals surface area (Å²) in [5.41, 5.74) is -1.74. The standard InChI is InChI=1S/C22H17ClF6N4O2/c1-35-13-5-2-11(3-6-13)16-9-18(22(27,28)29)33-19(30-16)10-17(32-33)20(34)31-15-7-4-12(23)8-14(15)21(24,25)26/h2-8,10,16,18,30H,9H2,1H3,(H,31,34). The van der Waals surface area contributed by atoms with Crippen LogP contribution in [0.5, 0.6) is 5.75 Å². The third-order valence-electron chi connectivity index (χ3n) is 5.48. The van der Waals surface area contributed by atoms with Crippen molar-refractivity contribution >= 4 is 29.0 Å². The molecule has 0 aliphatic carbocycles. The van der Waals surface area contributed by atoms with E-state index in [1.54, 1.807) is 24.3 Å². The maximum absolute atomic E-state index is 13.9. The maximum atomic E-state index is 13.9. The molecule has 0 saturated heterocycles. The van der Waals surface area contributed by atoms with Gasteiger partial charge in [-0.1, -0.05) is 23.7 Å². The molecular formula is C22H17ClF6N4O2. The Bertz CT molecular complexity index is 1240. The number of nitrogens with one attached hydrogen (secondary N) is 2. The van der Waals surface area contributed by atoms with Gasteiger partial charge in [-0.25, -0.2) is 4.68 Å². The van der Waals surface area contributed by atoms with Crippen molar-refractivity contribution in [3.8, 4) is 5.75 Å². The zero-order valence-electron chi connectivity index (χ0n) is 17.8. The van der Waals surface area contributed by atoms with E-state index in [-0.39, 0.29) is 10.8 Å². The van der Waals surface area contributed by atoms with E-state index in [0.717, 1.165) is 18.2 Å². The summed E-state index contributed by atoms with van der Waals surface area (Å²) in [5, 5.41) is 8.53. The number of alkyl halides is 6. The summed E-state index contributed by atoms with van der Waals surface area (Å²) >= 11 is 5.63. The Labute approximate surface area is 199 Å². The molecule has 2 heterocycles. The molecule has 0 bridgehead atoms. The van der Waals surface area contributed by atoms with Gasteiger partial charge in [0.05, 0.1) is 24.4 Å². The third-order valence-corrected chi connectivity index (χ3v) is 5.71. The number of anilines is 2. The monoisotopic (exact) mass is 518 g/mol. The minimum atomic E-state index is -4.82. The molecular weight excluding hydrogens is 502 g/mol. The number of rotatable bonds is 4. The van der Waals surface area contributed by atoms with Gasteiger partial charge in [0.25, 0.3) is 5.91 Å². The topological polar surface area (TPSA) is 68.2 Å². The Kier molecular flexibility index (Phi) is 6.34. The molecule has 35 heavy (non-hydrogen) atoms. The van der Waals surface area contributed by atoms with Gasteiger partial charge in [-0.3, -0.25) is 4.79 Å². The first-order chi connectivity index (χ1) is 16.4. The van der Waals surface area contributed by atoms with Crippen molar-refractivity contribution in [1.29, 1.82) is 0 Å². The summed E-state index contributed by atoms with van der Waals surface area (Å²) in [5.74, 6) is -0.679. The molecule has 1 amide bonds. The summed E-state index contributed by atoms with van der Waals surface area (Å²) < 4.78 is 87.3. The average Bonchev–Trinajstić information content (AvgIpc) is 3.22. The van der Waals surface area contributed by atoms with Gasteiger partial charge in [0, 0.05) is 17.5 Å². The first-order valence-corrected chi connectivity index (χ1v) is 10.5. The predicted octanol–water partition coefficient (Wildman–Crippen LogP) is 6.48. The van der Waals surface area contributed by atoms with Crippen LogP contribution in [0.25, 0.3) is 0 Å². The molecule has 6 nitrogen and oxygen atoms in total. The normalized spacial score (nSPS) is 17.9. The van der Waals surface area contributed by atoms with Crippen LogP contribution in [-0.4, -0.2) is 29.0 Å². The zero-order chi connectivity index (χ0) is 25.5. The van der Waals surface area contributed by atoms with Crippen LogP contribution in [0.2, 0.25) is 5.02 Å². The number of methoxy groups -OCH3 is 1. The molecule has 0 saturated carbocycles. The number of carbonyl (C=O) groups excluding carboxylic acids is 1. The van der Waals surface area contributed by atoms with Crippen LogP contribution >= 0.6 is 11.6 Å². The number of carbonyl (C=O) groups is 1. The lowest BCUT2D eigenvalue weighted by molar-refractivity contribution is -0.173. The number of benzene rings is 2. The van der Waals surface area contributed by atoms with Crippen molar-refractivity contribution in [2.45, 2.75) is 30.9 Å². The molecule has 13 heteroatoms. The second kappa shape index (κ2) is 8.99. The van der Waals surface area contributed by atoms with Crippen molar-refractivity contribution in [2.24, 2.45) is 0 Å². The summed E-state index contributed by atoms with van der Waals surface area (Å²) in [4.78, 5) is 12.7. The first-order valence-electron chi connectivity index (χ1n) is 10.1. The quantitative estimate of drug-likeness (QED) is 0.388. The van der Waals surface area contributed by atoms with E-state index >= 15 is 0 Å². The van der Waals surface area contributed by atoms with Gasteiger partial charge in [0.15, 0.2) is 11.7 Å². The van der Waals surface area contributed by atoms with Gasteiger partial charge in [0.2, 0.25) is 0 Å². The lowest BCUT2D eigenvalue weighted by Gasteiger charge is -2.33. The Hall–Kier alpha value is -3.41. The van der Waals surface area contributed by atoms with Gasteiger partial charge < -0.3 is 15.4 Å². The van der Waals surface area contributed by atoms with Crippen molar-refractivity contribution in [3.05, 3.63) is 70.4 Å². The molecule has 2 unspecified atom stereocenters. The molecule has 186 valence electrons. The lowest BCUT2D eigenvalue weighted by Crippen LogP contribution is -2.35. The van der Waals surface area contributed by atoms with E-state index in [4.69, 9.17) is 16.3 Å². The summed E-state index contributed by atoms with van der Waals surface area (Å²) in [7, 11) is 1.46. The Balaban J connectivity index is 1.65. The van der Waals surface area contributed by atoms with E-state index in [2.05, 4.69) is 15.7 Å². The molecule has 0 radical (unpaired) electrons. The van der Waals surface area contributed by atoms with Crippen LogP contribution in [0.15, 0.2) is 48.5 Å². The molecule has 0 fully saturated rings. The van der Waals surface area contributed by atoms with Gasteiger partial charge >= 0.3 is 12.4 Å². The number of amides is 1.